The van der Waals surface area contributed by atoms with Crippen LogP contribution in [0.4, 0.5) is 0 Å². The summed E-state index contributed by atoms with van der Waals surface area (Å²) < 4.78 is 35.2. The number of hydrogen-bond acceptors (Lipinski definition) is 6. The second kappa shape index (κ2) is 9.07. The van der Waals surface area contributed by atoms with Crippen molar-refractivity contribution in [1.29, 1.82) is 0 Å². The van der Waals surface area contributed by atoms with Crippen molar-refractivity contribution in [2.75, 3.05) is 12.9 Å². The van der Waals surface area contributed by atoms with Crippen LogP contribution in [-0.4, -0.2) is 37.0 Å². The SMILES string of the molecule is CCOC(=O)c1cc(Oc2ccc(CS(C)(=O)=O)cc2)n(-c2ccc(Cl)cc2Cl)n1. The Morgan fingerprint density at radius 3 is 2.40 bits per heavy atom. The molecule has 0 aliphatic heterocycles. The van der Waals surface area contributed by atoms with Gasteiger partial charge in [0.1, 0.15) is 5.75 Å². The molecule has 0 unspecified atom stereocenters. The van der Waals surface area contributed by atoms with Crippen molar-refractivity contribution in [1.82, 2.24) is 9.78 Å². The second-order valence-corrected chi connectivity index (χ2v) is 9.40. The van der Waals surface area contributed by atoms with Crippen LogP contribution in [0.15, 0.2) is 48.5 Å². The first kappa shape index (κ1) is 22.1. The van der Waals surface area contributed by atoms with Gasteiger partial charge < -0.3 is 9.47 Å². The molecule has 0 aliphatic carbocycles. The molecule has 0 atom stereocenters. The molecule has 7 nitrogen and oxygen atoms in total. The number of carbonyl (C=O) groups is 1. The lowest BCUT2D eigenvalue weighted by Gasteiger charge is -2.11. The van der Waals surface area contributed by atoms with Gasteiger partial charge in [-0.25, -0.2) is 13.2 Å². The van der Waals surface area contributed by atoms with Crippen molar-refractivity contribution < 1.29 is 22.7 Å². The number of hydrogen-bond donors (Lipinski definition) is 0. The van der Waals surface area contributed by atoms with Gasteiger partial charge in [-0.05, 0) is 42.8 Å². The fourth-order valence-electron chi connectivity index (χ4n) is 2.64. The summed E-state index contributed by atoms with van der Waals surface area (Å²) in [5.41, 5.74) is 1.14. The molecule has 0 bridgehead atoms. The van der Waals surface area contributed by atoms with E-state index in [0.29, 0.717) is 27.0 Å². The Labute approximate surface area is 184 Å². The number of nitrogens with zero attached hydrogens (tertiary/aromatic N) is 2. The van der Waals surface area contributed by atoms with Crippen LogP contribution in [0.25, 0.3) is 5.69 Å². The molecule has 0 radical (unpaired) electrons. The summed E-state index contributed by atoms with van der Waals surface area (Å²) in [6.45, 7) is 1.89. The largest absolute Gasteiger partial charge is 0.461 e. The summed E-state index contributed by atoms with van der Waals surface area (Å²) in [4.78, 5) is 12.1. The zero-order valence-electron chi connectivity index (χ0n) is 16.1. The number of benzene rings is 2. The summed E-state index contributed by atoms with van der Waals surface area (Å²) in [6.07, 6.45) is 1.17. The zero-order valence-corrected chi connectivity index (χ0v) is 18.5. The van der Waals surface area contributed by atoms with E-state index < -0.39 is 15.8 Å². The van der Waals surface area contributed by atoms with Crippen molar-refractivity contribution >= 4 is 39.0 Å². The molecule has 0 saturated carbocycles. The van der Waals surface area contributed by atoms with Crippen molar-refractivity contribution in [3.63, 3.8) is 0 Å². The Kier molecular flexibility index (Phi) is 6.70. The lowest BCUT2D eigenvalue weighted by molar-refractivity contribution is 0.0519. The standard InChI is InChI=1S/C20H18Cl2N2O5S/c1-3-28-20(25)17-11-19(24(23-17)18-9-6-14(21)10-16(18)22)29-15-7-4-13(5-8-15)12-30(2,26)27/h4-11H,3,12H2,1-2H3. The Hall–Kier alpha value is -2.55. The van der Waals surface area contributed by atoms with Crippen molar-refractivity contribution in [3.05, 3.63) is 69.8 Å². The van der Waals surface area contributed by atoms with Gasteiger partial charge in [-0.15, -0.1) is 0 Å². The maximum atomic E-state index is 12.1. The van der Waals surface area contributed by atoms with Gasteiger partial charge >= 0.3 is 5.97 Å². The predicted molar refractivity (Wildman–Crippen MR) is 115 cm³/mol. The third-order valence-corrected chi connectivity index (χ3v) is 5.27. The van der Waals surface area contributed by atoms with Gasteiger partial charge in [0.05, 0.1) is 23.1 Å². The number of esters is 1. The van der Waals surface area contributed by atoms with Crippen LogP contribution in [0, 0.1) is 0 Å². The molecule has 2 aromatic carbocycles. The Morgan fingerprint density at radius 1 is 1.10 bits per heavy atom. The van der Waals surface area contributed by atoms with Gasteiger partial charge in [0.2, 0.25) is 5.88 Å². The minimum Gasteiger partial charge on any atom is -0.461 e. The number of aromatic nitrogens is 2. The van der Waals surface area contributed by atoms with Crippen LogP contribution in [-0.2, 0) is 20.3 Å². The number of carbonyl (C=O) groups excluding carboxylic acids is 1. The lowest BCUT2D eigenvalue weighted by Crippen LogP contribution is -2.07. The van der Waals surface area contributed by atoms with E-state index in [4.69, 9.17) is 32.7 Å². The molecule has 0 spiro atoms. The minimum absolute atomic E-state index is 0.0477. The summed E-state index contributed by atoms with van der Waals surface area (Å²) in [6, 6.07) is 12.8. The molecule has 0 amide bonds. The van der Waals surface area contributed by atoms with Crippen LogP contribution in [0.2, 0.25) is 10.0 Å². The average molecular weight is 469 g/mol. The molecular weight excluding hydrogens is 451 g/mol. The van der Waals surface area contributed by atoms with Crippen molar-refractivity contribution in [2.45, 2.75) is 12.7 Å². The third-order valence-electron chi connectivity index (χ3n) is 3.87. The molecule has 30 heavy (non-hydrogen) atoms. The van der Waals surface area contributed by atoms with E-state index in [-0.39, 0.29) is 23.9 Å². The van der Waals surface area contributed by atoms with Crippen LogP contribution in [0.3, 0.4) is 0 Å². The van der Waals surface area contributed by atoms with Gasteiger partial charge in [0, 0.05) is 17.3 Å². The Morgan fingerprint density at radius 2 is 1.80 bits per heavy atom. The summed E-state index contributed by atoms with van der Waals surface area (Å²) in [5, 5.41) is 5.03. The Balaban J connectivity index is 1.97. The molecule has 0 N–H and O–H groups in total. The highest BCUT2D eigenvalue weighted by atomic mass is 35.5. The fraction of sp³-hybridized carbons (Fsp3) is 0.200. The normalized spacial score (nSPS) is 11.3. The highest BCUT2D eigenvalue weighted by molar-refractivity contribution is 7.89. The highest BCUT2D eigenvalue weighted by Gasteiger charge is 2.19. The molecule has 1 aromatic heterocycles. The molecule has 3 aromatic rings. The average Bonchev–Trinajstić information content (AvgIpc) is 3.06. The Bertz CT molecular complexity index is 1170. The number of halogens is 2. The first-order chi connectivity index (χ1) is 14.2. The first-order valence-corrected chi connectivity index (χ1v) is 11.6. The second-order valence-electron chi connectivity index (χ2n) is 6.41. The molecule has 0 saturated heterocycles. The van der Waals surface area contributed by atoms with E-state index >= 15 is 0 Å². The summed E-state index contributed by atoms with van der Waals surface area (Å²) in [5.74, 6) is -0.0276. The van der Waals surface area contributed by atoms with Crippen LogP contribution < -0.4 is 4.74 Å². The van der Waals surface area contributed by atoms with Crippen LogP contribution in [0.1, 0.15) is 23.0 Å². The zero-order chi connectivity index (χ0) is 21.9. The lowest BCUT2D eigenvalue weighted by atomic mass is 10.2. The van der Waals surface area contributed by atoms with Gasteiger partial charge in [0.25, 0.3) is 0 Å². The molecular formula is C20H18Cl2N2O5S. The number of sulfone groups is 1. The van der Waals surface area contributed by atoms with Crippen LogP contribution >= 0.6 is 23.2 Å². The summed E-state index contributed by atoms with van der Waals surface area (Å²) in [7, 11) is -3.14. The third kappa shape index (κ3) is 5.53. The van der Waals surface area contributed by atoms with E-state index in [0.717, 1.165) is 0 Å². The van der Waals surface area contributed by atoms with E-state index in [1.807, 2.05) is 0 Å². The quantitative estimate of drug-likeness (QED) is 0.467. The molecule has 0 fully saturated rings. The van der Waals surface area contributed by atoms with Gasteiger partial charge in [-0.2, -0.15) is 9.78 Å². The van der Waals surface area contributed by atoms with E-state index in [2.05, 4.69) is 5.10 Å². The smallest absolute Gasteiger partial charge is 0.358 e. The maximum Gasteiger partial charge on any atom is 0.358 e. The topological polar surface area (TPSA) is 87.5 Å². The minimum atomic E-state index is -3.14. The van der Waals surface area contributed by atoms with E-state index in [9.17, 15) is 13.2 Å². The molecule has 1 heterocycles. The first-order valence-electron chi connectivity index (χ1n) is 8.83. The van der Waals surface area contributed by atoms with Gasteiger partial charge in [-0.3, -0.25) is 0 Å². The predicted octanol–water partition coefficient (Wildman–Crippen LogP) is 4.69. The highest BCUT2D eigenvalue weighted by Crippen LogP contribution is 2.31. The van der Waals surface area contributed by atoms with E-state index in [1.165, 1.54) is 17.0 Å². The summed E-state index contributed by atoms with van der Waals surface area (Å²) >= 11 is 12.3. The van der Waals surface area contributed by atoms with Crippen LogP contribution in [0.5, 0.6) is 11.6 Å². The number of rotatable bonds is 7. The molecule has 10 heteroatoms. The van der Waals surface area contributed by atoms with Gasteiger partial charge in [-0.1, -0.05) is 35.3 Å². The molecule has 3 rings (SSSR count). The van der Waals surface area contributed by atoms with Crippen molar-refractivity contribution in [2.24, 2.45) is 0 Å². The molecule has 158 valence electrons. The van der Waals surface area contributed by atoms with Gasteiger partial charge in [0.15, 0.2) is 15.5 Å². The monoisotopic (exact) mass is 468 g/mol. The maximum absolute atomic E-state index is 12.1. The fourth-order valence-corrected chi connectivity index (χ4v) is 3.93. The van der Waals surface area contributed by atoms with E-state index in [1.54, 1.807) is 49.4 Å². The van der Waals surface area contributed by atoms with Crippen molar-refractivity contribution in [3.8, 4) is 17.3 Å². The number of ether oxygens (including phenoxy) is 2. The molecule has 0 aliphatic rings.